The molecule has 4 rings (SSSR count). The number of nitrogens with two attached hydrogens (primary N) is 1. The molecule has 0 saturated heterocycles. The van der Waals surface area contributed by atoms with Gasteiger partial charge in [0.1, 0.15) is 5.75 Å². The number of aliphatic hydroxyl groups is 1. The largest absolute Gasteiger partial charge is 0.505 e. The molecule has 2 saturated carbocycles. The number of phenols is 1. The van der Waals surface area contributed by atoms with Gasteiger partial charge in [-0.25, -0.2) is 0 Å². The summed E-state index contributed by atoms with van der Waals surface area (Å²) in [6.45, 7) is 1.23. The number of amides is 2. The van der Waals surface area contributed by atoms with E-state index in [2.05, 4.69) is 5.32 Å². The number of rotatable bonds is 3. The van der Waals surface area contributed by atoms with Crippen molar-refractivity contribution in [2.75, 3.05) is 24.3 Å². The summed E-state index contributed by atoms with van der Waals surface area (Å²) in [5, 5.41) is 24.5. The molecular weight excluding hydrogens is 446 g/mol. The molecular formula is C23H25N3O8. The van der Waals surface area contributed by atoms with Gasteiger partial charge < -0.3 is 26.2 Å². The Morgan fingerprint density at radius 2 is 1.79 bits per heavy atom. The number of primary amides is 1. The van der Waals surface area contributed by atoms with Crippen molar-refractivity contribution >= 4 is 46.3 Å². The molecule has 11 heteroatoms. The number of fused-ring (bicyclic) bond motifs is 3. The Bertz CT molecular complexity index is 1190. The maximum absolute atomic E-state index is 13.6. The molecule has 5 atom stereocenters. The molecule has 2 amide bonds. The van der Waals surface area contributed by atoms with E-state index in [-0.39, 0.29) is 30.5 Å². The summed E-state index contributed by atoms with van der Waals surface area (Å²) in [4.78, 5) is 77.5. The number of hydrogen-bond acceptors (Lipinski definition) is 9. The fourth-order valence-electron chi connectivity index (χ4n) is 5.70. The molecule has 2 fully saturated rings. The SMILES string of the molecule is CC(=O)Nc1cc(N(C)C)c2c(c1O)C(=O)C1C(=O)[C@]3(O)C(=O)C(C(N)=O)C(=O)C[C@@H]3C[C@@H]1C2. The molecule has 34 heavy (non-hydrogen) atoms. The van der Waals surface area contributed by atoms with Crippen LogP contribution in [-0.2, 0) is 30.4 Å². The van der Waals surface area contributed by atoms with E-state index in [4.69, 9.17) is 5.73 Å². The zero-order valence-corrected chi connectivity index (χ0v) is 18.9. The Kier molecular flexibility index (Phi) is 5.35. The maximum Gasteiger partial charge on any atom is 0.235 e. The molecule has 0 spiro atoms. The van der Waals surface area contributed by atoms with E-state index in [1.807, 2.05) is 0 Å². The smallest absolute Gasteiger partial charge is 0.235 e. The quantitative estimate of drug-likeness (QED) is 0.328. The van der Waals surface area contributed by atoms with Crippen molar-refractivity contribution in [3.63, 3.8) is 0 Å². The second-order valence-electron chi connectivity index (χ2n) is 9.46. The van der Waals surface area contributed by atoms with Gasteiger partial charge >= 0.3 is 0 Å². The van der Waals surface area contributed by atoms with Gasteiger partial charge in [-0.1, -0.05) is 0 Å². The van der Waals surface area contributed by atoms with Gasteiger partial charge in [-0.15, -0.1) is 0 Å². The molecule has 1 aromatic carbocycles. The van der Waals surface area contributed by atoms with Crippen molar-refractivity contribution in [2.45, 2.75) is 31.8 Å². The third kappa shape index (κ3) is 3.14. The number of phenolic OH excluding ortho intramolecular Hbond substituents is 1. The predicted molar refractivity (Wildman–Crippen MR) is 117 cm³/mol. The first-order valence-electron chi connectivity index (χ1n) is 10.8. The van der Waals surface area contributed by atoms with E-state index in [1.165, 1.54) is 13.0 Å². The minimum atomic E-state index is -2.70. The molecule has 2 unspecified atom stereocenters. The van der Waals surface area contributed by atoms with Gasteiger partial charge in [0, 0.05) is 39.0 Å². The third-order valence-corrected chi connectivity index (χ3v) is 7.17. The van der Waals surface area contributed by atoms with Crippen LogP contribution in [0.1, 0.15) is 35.7 Å². The van der Waals surface area contributed by atoms with E-state index in [0.29, 0.717) is 11.3 Å². The van der Waals surface area contributed by atoms with Gasteiger partial charge in [-0.2, -0.15) is 0 Å². The van der Waals surface area contributed by atoms with Crippen molar-refractivity contribution in [1.29, 1.82) is 0 Å². The van der Waals surface area contributed by atoms with Crippen LogP contribution in [0.2, 0.25) is 0 Å². The molecule has 5 N–H and O–H groups in total. The minimum Gasteiger partial charge on any atom is -0.505 e. The van der Waals surface area contributed by atoms with Crippen molar-refractivity contribution in [3.05, 3.63) is 17.2 Å². The lowest BCUT2D eigenvalue weighted by molar-refractivity contribution is -0.175. The molecule has 1 aromatic rings. The highest BCUT2D eigenvalue weighted by Gasteiger charge is 2.66. The van der Waals surface area contributed by atoms with Crippen LogP contribution in [0.3, 0.4) is 0 Å². The van der Waals surface area contributed by atoms with Crippen LogP contribution in [0.15, 0.2) is 6.07 Å². The fourth-order valence-corrected chi connectivity index (χ4v) is 5.70. The highest BCUT2D eigenvalue weighted by atomic mass is 16.3. The summed E-state index contributed by atoms with van der Waals surface area (Å²) in [6, 6.07) is 1.52. The number of anilines is 2. The molecule has 3 aliphatic rings. The van der Waals surface area contributed by atoms with Crippen LogP contribution in [0, 0.1) is 23.7 Å². The van der Waals surface area contributed by atoms with Gasteiger partial charge in [0.15, 0.2) is 34.7 Å². The van der Waals surface area contributed by atoms with E-state index in [0.717, 1.165) is 0 Å². The number of Topliss-reactive ketones (excluding diaryl/α,β-unsaturated/α-hetero) is 4. The maximum atomic E-state index is 13.6. The van der Waals surface area contributed by atoms with Crippen LogP contribution in [0.25, 0.3) is 0 Å². The summed E-state index contributed by atoms with van der Waals surface area (Å²) in [7, 11) is 3.43. The number of ketones is 4. The average molecular weight is 471 g/mol. The Morgan fingerprint density at radius 1 is 1.15 bits per heavy atom. The van der Waals surface area contributed by atoms with Gasteiger partial charge in [0.2, 0.25) is 11.8 Å². The summed E-state index contributed by atoms with van der Waals surface area (Å²) in [5.41, 5.74) is 3.30. The van der Waals surface area contributed by atoms with Crippen molar-refractivity contribution < 1.29 is 39.0 Å². The van der Waals surface area contributed by atoms with Gasteiger partial charge in [-0.05, 0) is 30.4 Å². The van der Waals surface area contributed by atoms with Crippen LogP contribution in [0.5, 0.6) is 5.75 Å². The summed E-state index contributed by atoms with van der Waals surface area (Å²) < 4.78 is 0. The van der Waals surface area contributed by atoms with Crippen molar-refractivity contribution in [3.8, 4) is 5.75 Å². The van der Waals surface area contributed by atoms with Crippen molar-refractivity contribution in [2.24, 2.45) is 29.4 Å². The zero-order chi connectivity index (χ0) is 25.3. The second kappa shape index (κ2) is 7.73. The highest BCUT2D eigenvalue weighted by Crippen LogP contribution is 2.52. The van der Waals surface area contributed by atoms with E-state index in [9.17, 15) is 39.0 Å². The molecule has 0 heterocycles. The van der Waals surface area contributed by atoms with E-state index < -0.39 is 70.0 Å². The van der Waals surface area contributed by atoms with Crippen LogP contribution in [-0.4, -0.2) is 64.9 Å². The topological polar surface area (TPSA) is 184 Å². The highest BCUT2D eigenvalue weighted by molar-refractivity contribution is 6.31. The third-order valence-electron chi connectivity index (χ3n) is 7.17. The first-order valence-corrected chi connectivity index (χ1v) is 10.8. The first kappa shape index (κ1) is 23.6. The lowest BCUT2D eigenvalue weighted by Crippen LogP contribution is -2.68. The Labute approximate surface area is 194 Å². The fraction of sp³-hybridized carbons (Fsp3) is 0.478. The standard InChI is InChI=1S/C23H25N3O8/c1-8(27)25-12-7-13(26(2)3)11-5-9-4-10-6-14(28)17(22(24)33)21(32)23(10,34)20(31)15(9)19(30)16(11)18(12)29/h7,9-10,15,17,29,34H,4-6H2,1-3H3,(H2,24,33)(H,25,27)/t9-,10+,15?,17?,23+/m1/s1. The van der Waals surface area contributed by atoms with Crippen molar-refractivity contribution in [1.82, 2.24) is 0 Å². The molecule has 0 aliphatic heterocycles. The molecule has 0 bridgehead atoms. The normalized spacial score (nSPS) is 30.2. The average Bonchev–Trinajstić information content (AvgIpc) is 2.71. The Morgan fingerprint density at radius 3 is 2.35 bits per heavy atom. The summed E-state index contributed by atoms with van der Waals surface area (Å²) >= 11 is 0. The predicted octanol–water partition coefficient (Wildman–Crippen LogP) is -0.649. The molecule has 11 nitrogen and oxygen atoms in total. The monoisotopic (exact) mass is 471 g/mol. The Balaban J connectivity index is 1.85. The number of nitrogens with zero attached hydrogens (tertiary/aromatic N) is 1. The molecule has 0 aromatic heterocycles. The van der Waals surface area contributed by atoms with Crippen LogP contribution >= 0.6 is 0 Å². The van der Waals surface area contributed by atoms with Crippen LogP contribution < -0.4 is 16.0 Å². The summed E-state index contributed by atoms with van der Waals surface area (Å²) in [6.07, 6.45) is -0.214. The van der Waals surface area contributed by atoms with Gasteiger partial charge in [0.25, 0.3) is 0 Å². The number of benzene rings is 1. The lowest BCUT2D eigenvalue weighted by atomic mass is 9.53. The number of aromatic hydroxyl groups is 1. The zero-order valence-electron chi connectivity index (χ0n) is 18.9. The van der Waals surface area contributed by atoms with E-state index in [1.54, 1.807) is 19.0 Å². The number of nitrogens with one attached hydrogen (secondary N) is 1. The van der Waals surface area contributed by atoms with E-state index >= 15 is 0 Å². The number of carbonyl (C=O) groups is 6. The molecule has 180 valence electrons. The summed E-state index contributed by atoms with van der Waals surface area (Å²) in [5.74, 6) is -11.3. The Hall–Kier alpha value is -3.60. The van der Waals surface area contributed by atoms with Gasteiger partial charge in [-0.3, -0.25) is 28.8 Å². The van der Waals surface area contributed by atoms with Gasteiger partial charge in [0.05, 0.1) is 17.2 Å². The lowest BCUT2D eigenvalue weighted by Gasteiger charge is -2.48. The second-order valence-corrected chi connectivity index (χ2v) is 9.46. The minimum absolute atomic E-state index is 0.0160. The molecule has 0 radical (unpaired) electrons. The van der Waals surface area contributed by atoms with Crippen LogP contribution in [0.4, 0.5) is 11.4 Å². The number of hydrogen-bond donors (Lipinski definition) is 4. The first-order chi connectivity index (χ1) is 15.8. The number of carbonyl (C=O) groups excluding carboxylic acids is 6. The molecule has 3 aliphatic carbocycles.